The number of aromatic nitrogens is 2. The highest BCUT2D eigenvalue weighted by atomic mass is 19.1. The average molecular weight is 501 g/mol. The molecule has 0 aliphatic carbocycles. The highest BCUT2D eigenvalue weighted by Gasteiger charge is 2.25. The van der Waals surface area contributed by atoms with Gasteiger partial charge in [-0.1, -0.05) is 23.4 Å². The Labute approximate surface area is 207 Å². The van der Waals surface area contributed by atoms with Crippen molar-refractivity contribution in [1.29, 1.82) is 5.41 Å². The topological polar surface area (TPSA) is 164 Å². The quantitative estimate of drug-likeness (QED) is 0.161. The molecule has 0 amide bonds. The lowest BCUT2D eigenvalue weighted by Gasteiger charge is -2.32. The maximum Gasteiger partial charge on any atom is 0.313 e. The van der Waals surface area contributed by atoms with Gasteiger partial charge in [-0.2, -0.15) is 0 Å². The molecule has 2 heterocycles. The number of nitrogens with two attached hydrogens (primary N) is 1. The number of amidine groups is 1. The third-order valence-corrected chi connectivity index (χ3v) is 5.45. The van der Waals surface area contributed by atoms with Crippen molar-refractivity contribution in [2.75, 3.05) is 31.2 Å². The predicted molar refractivity (Wildman–Crippen MR) is 130 cm³/mol. The van der Waals surface area contributed by atoms with Crippen molar-refractivity contribution in [3.8, 4) is 11.1 Å². The van der Waals surface area contributed by atoms with Crippen LogP contribution < -0.4 is 10.6 Å². The van der Waals surface area contributed by atoms with Crippen LogP contribution in [0.2, 0.25) is 0 Å². The standard InChI is InChI=1S/C24H29FN6O5/c1-15(33)5-6-16(12-32)13-36-30-19-10-31(11-19)24-28-8-18(9-29-24)20-4-2-3-17(23(20)25)14-35-22(34)7-21(26)27/h2-4,8-9,16,32H,5-7,10-14H2,1H3,(H3,26,27). The number of esters is 1. The zero-order valence-electron chi connectivity index (χ0n) is 19.9. The summed E-state index contributed by atoms with van der Waals surface area (Å²) >= 11 is 0. The van der Waals surface area contributed by atoms with Crippen LogP contribution in [0.3, 0.4) is 0 Å². The molecule has 1 saturated heterocycles. The molecular formula is C24H29FN6O5. The van der Waals surface area contributed by atoms with E-state index in [9.17, 15) is 19.1 Å². The number of hydrogen-bond donors (Lipinski definition) is 3. The molecule has 1 aliphatic rings. The Morgan fingerprint density at radius 1 is 1.31 bits per heavy atom. The lowest BCUT2D eigenvalue weighted by atomic mass is 10.0. The fourth-order valence-corrected chi connectivity index (χ4v) is 3.36. The minimum Gasteiger partial charge on any atom is -0.460 e. The number of oxime groups is 1. The molecule has 0 bridgehead atoms. The molecule has 1 aliphatic heterocycles. The van der Waals surface area contributed by atoms with Gasteiger partial charge < -0.3 is 30.1 Å². The second kappa shape index (κ2) is 12.7. The Hall–Kier alpha value is -3.93. The highest BCUT2D eigenvalue weighted by Crippen LogP contribution is 2.26. The molecule has 12 heteroatoms. The summed E-state index contributed by atoms with van der Waals surface area (Å²) in [7, 11) is 0. The van der Waals surface area contributed by atoms with E-state index in [1.54, 1.807) is 12.1 Å². The Bertz CT molecular complexity index is 1120. The van der Waals surface area contributed by atoms with E-state index in [2.05, 4.69) is 15.1 Å². The average Bonchev–Trinajstić information content (AvgIpc) is 2.81. The number of carbonyl (C=O) groups excluding carboxylic acids is 2. The van der Waals surface area contributed by atoms with Gasteiger partial charge in [0, 0.05) is 48.0 Å². The van der Waals surface area contributed by atoms with E-state index in [0.29, 0.717) is 37.4 Å². The fraction of sp³-hybridized carbons (Fsp3) is 0.417. The van der Waals surface area contributed by atoms with E-state index < -0.39 is 11.8 Å². The third kappa shape index (κ3) is 7.54. The van der Waals surface area contributed by atoms with Gasteiger partial charge in [0.05, 0.1) is 18.8 Å². The van der Waals surface area contributed by atoms with Gasteiger partial charge in [-0.3, -0.25) is 10.2 Å². The van der Waals surface area contributed by atoms with Crippen molar-refractivity contribution in [1.82, 2.24) is 9.97 Å². The Balaban J connectivity index is 1.52. The summed E-state index contributed by atoms with van der Waals surface area (Å²) in [5.74, 6) is -1.19. The van der Waals surface area contributed by atoms with Crippen LogP contribution in [0.4, 0.5) is 10.3 Å². The minimum atomic E-state index is -0.705. The zero-order chi connectivity index (χ0) is 26.1. The second-order valence-electron chi connectivity index (χ2n) is 8.51. The van der Waals surface area contributed by atoms with Crippen LogP contribution in [0.15, 0.2) is 35.7 Å². The molecule has 0 saturated carbocycles. The number of nitrogens with one attached hydrogen (secondary N) is 1. The van der Waals surface area contributed by atoms with Crippen LogP contribution in [0.5, 0.6) is 0 Å². The fourth-order valence-electron chi connectivity index (χ4n) is 3.36. The highest BCUT2D eigenvalue weighted by molar-refractivity contribution is 5.98. The molecule has 36 heavy (non-hydrogen) atoms. The number of ketones is 1. The number of Topliss-reactive ketones (excluding diaryl/α,β-unsaturated/α-hetero) is 1. The normalized spacial score (nSPS) is 13.5. The number of nitrogens with zero attached hydrogens (tertiary/aromatic N) is 4. The summed E-state index contributed by atoms with van der Waals surface area (Å²) in [6.07, 6.45) is 3.63. The summed E-state index contributed by atoms with van der Waals surface area (Å²) in [6, 6.07) is 4.72. The number of hydrogen-bond acceptors (Lipinski definition) is 10. The largest absolute Gasteiger partial charge is 0.460 e. The van der Waals surface area contributed by atoms with Gasteiger partial charge in [0.2, 0.25) is 5.95 Å². The first-order valence-electron chi connectivity index (χ1n) is 11.4. The van der Waals surface area contributed by atoms with Crippen molar-refractivity contribution in [3.05, 3.63) is 42.0 Å². The molecular weight excluding hydrogens is 471 g/mol. The minimum absolute atomic E-state index is 0.0705. The molecule has 0 spiro atoms. The first-order chi connectivity index (χ1) is 17.3. The number of rotatable bonds is 13. The summed E-state index contributed by atoms with van der Waals surface area (Å²) < 4.78 is 19.9. The van der Waals surface area contributed by atoms with Crippen molar-refractivity contribution < 1.29 is 28.7 Å². The van der Waals surface area contributed by atoms with E-state index >= 15 is 0 Å². The molecule has 192 valence electrons. The summed E-state index contributed by atoms with van der Waals surface area (Å²) in [5.41, 5.74) is 6.87. The number of aliphatic hydroxyl groups excluding tert-OH is 1. The Kier molecular flexibility index (Phi) is 9.39. The summed E-state index contributed by atoms with van der Waals surface area (Å²) in [6.45, 7) is 2.36. The number of carbonyl (C=O) groups is 2. The van der Waals surface area contributed by atoms with Crippen LogP contribution >= 0.6 is 0 Å². The number of halogens is 1. The molecule has 1 unspecified atom stereocenters. The van der Waals surface area contributed by atoms with Gasteiger partial charge in [-0.15, -0.1) is 0 Å². The third-order valence-electron chi connectivity index (χ3n) is 5.45. The van der Waals surface area contributed by atoms with E-state index in [-0.39, 0.29) is 54.9 Å². The van der Waals surface area contributed by atoms with Gasteiger partial charge >= 0.3 is 5.97 Å². The Morgan fingerprint density at radius 3 is 2.67 bits per heavy atom. The molecule has 4 N–H and O–H groups in total. The lowest BCUT2D eigenvalue weighted by molar-refractivity contribution is -0.143. The van der Waals surface area contributed by atoms with E-state index in [1.165, 1.54) is 25.4 Å². The van der Waals surface area contributed by atoms with Crippen LogP contribution in [0.25, 0.3) is 11.1 Å². The monoisotopic (exact) mass is 500 g/mol. The second-order valence-corrected chi connectivity index (χ2v) is 8.51. The molecule has 1 fully saturated rings. The van der Waals surface area contributed by atoms with Gasteiger partial charge in [-0.25, -0.2) is 14.4 Å². The van der Waals surface area contributed by atoms with Gasteiger partial charge in [0.1, 0.15) is 37.1 Å². The summed E-state index contributed by atoms with van der Waals surface area (Å²) in [4.78, 5) is 38.5. The number of ether oxygens (including phenoxy) is 1. The van der Waals surface area contributed by atoms with Crippen molar-refractivity contribution in [2.45, 2.75) is 32.8 Å². The Morgan fingerprint density at radius 2 is 2.03 bits per heavy atom. The van der Waals surface area contributed by atoms with E-state index in [4.69, 9.17) is 20.7 Å². The molecule has 0 radical (unpaired) electrons. The molecule has 3 rings (SSSR count). The van der Waals surface area contributed by atoms with Crippen molar-refractivity contribution in [3.63, 3.8) is 0 Å². The van der Waals surface area contributed by atoms with E-state index in [0.717, 1.165) is 5.71 Å². The molecule has 2 aromatic rings. The maximum atomic E-state index is 15.0. The van der Waals surface area contributed by atoms with Crippen molar-refractivity contribution in [2.24, 2.45) is 16.8 Å². The number of benzene rings is 1. The molecule has 1 aromatic heterocycles. The lowest BCUT2D eigenvalue weighted by Crippen LogP contribution is -2.48. The summed E-state index contributed by atoms with van der Waals surface area (Å²) in [5, 5.41) is 20.5. The van der Waals surface area contributed by atoms with Crippen LogP contribution in [0.1, 0.15) is 31.7 Å². The zero-order valence-corrected chi connectivity index (χ0v) is 19.9. The SMILES string of the molecule is CC(=O)CCC(CO)CON=C1CN(c2ncc(-c3cccc(COC(=O)CC(=N)N)c3F)cn2)C1. The first kappa shape index (κ1) is 26.7. The van der Waals surface area contributed by atoms with Crippen LogP contribution in [-0.2, 0) is 25.8 Å². The van der Waals surface area contributed by atoms with Crippen molar-refractivity contribution >= 4 is 29.2 Å². The molecule has 11 nitrogen and oxygen atoms in total. The van der Waals surface area contributed by atoms with Gasteiger partial charge in [0.25, 0.3) is 0 Å². The molecule has 1 aromatic carbocycles. The number of aliphatic hydroxyl groups is 1. The van der Waals surface area contributed by atoms with E-state index in [1.807, 2.05) is 4.90 Å². The van der Waals surface area contributed by atoms with Crippen LogP contribution in [-0.4, -0.2) is 64.7 Å². The smallest absolute Gasteiger partial charge is 0.313 e. The van der Waals surface area contributed by atoms with Gasteiger partial charge in [-0.05, 0) is 13.3 Å². The maximum absolute atomic E-state index is 15.0. The first-order valence-corrected chi connectivity index (χ1v) is 11.4. The van der Waals surface area contributed by atoms with Crippen LogP contribution in [0, 0.1) is 17.1 Å². The van der Waals surface area contributed by atoms with Gasteiger partial charge in [0.15, 0.2) is 0 Å². The number of anilines is 1. The molecule has 1 atom stereocenters. The predicted octanol–water partition coefficient (Wildman–Crippen LogP) is 1.82.